The Kier molecular flexibility index (Phi) is 11.6. The highest BCUT2D eigenvalue weighted by atomic mass is 16.3. The number of hydrogen-bond acceptors (Lipinski definition) is 8. The van der Waals surface area contributed by atoms with Gasteiger partial charge in [0.05, 0.1) is 11.1 Å². The molecule has 6 rings (SSSR count). The van der Waals surface area contributed by atoms with E-state index in [2.05, 4.69) is 10.6 Å². The van der Waals surface area contributed by atoms with Crippen LogP contribution in [0.3, 0.4) is 0 Å². The summed E-state index contributed by atoms with van der Waals surface area (Å²) in [5, 5.41) is 68.6. The Morgan fingerprint density at radius 2 is 0.833 bits per heavy atom. The average molecular weight is 731 g/mol. The summed E-state index contributed by atoms with van der Waals surface area (Å²) in [7, 11) is 0. The number of carbonyl (C=O) groups is 2. The molecule has 54 heavy (non-hydrogen) atoms. The summed E-state index contributed by atoms with van der Waals surface area (Å²) in [5.41, 5.74) is 5.01. The lowest BCUT2D eigenvalue weighted by Gasteiger charge is -2.16. The van der Waals surface area contributed by atoms with Gasteiger partial charge >= 0.3 is 0 Å². The number of aromatic hydroxyl groups is 6. The summed E-state index contributed by atoms with van der Waals surface area (Å²) in [6, 6.07) is 25.6. The molecule has 10 heteroatoms. The van der Waals surface area contributed by atoms with Crippen LogP contribution in [0.2, 0.25) is 0 Å². The minimum Gasteiger partial charge on any atom is -0.507 e. The van der Waals surface area contributed by atoms with E-state index in [1.807, 2.05) is 88.4 Å². The molecule has 6 aromatic carbocycles. The molecule has 8 N–H and O–H groups in total. The van der Waals surface area contributed by atoms with Crippen LogP contribution in [0.15, 0.2) is 84.9 Å². The Morgan fingerprint density at radius 1 is 0.500 bits per heavy atom. The Morgan fingerprint density at radius 3 is 1.17 bits per heavy atom. The van der Waals surface area contributed by atoms with Crippen molar-refractivity contribution in [2.45, 2.75) is 53.4 Å². The van der Waals surface area contributed by atoms with Crippen LogP contribution in [0.25, 0.3) is 21.5 Å². The maximum atomic E-state index is 12.8. The van der Waals surface area contributed by atoms with Crippen LogP contribution in [0.5, 0.6) is 34.5 Å². The van der Waals surface area contributed by atoms with Crippen LogP contribution in [0.1, 0.15) is 79.8 Å². The molecule has 6 aromatic rings. The van der Waals surface area contributed by atoms with Crippen LogP contribution in [0, 0.1) is 27.7 Å². The van der Waals surface area contributed by atoms with Gasteiger partial charge in [0.1, 0.15) is 11.5 Å². The summed E-state index contributed by atoms with van der Waals surface area (Å²) >= 11 is 0. The second-order valence-corrected chi connectivity index (χ2v) is 13.8. The summed E-state index contributed by atoms with van der Waals surface area (Å²) < 4.78 is 0. The van der Waals surface area contributed by atoms with Gasteiger partial charge in [0, 0.05) is 34.6 Å². The first kappa shape index (κ1) is 38.8. The first-order valence-electron chi connectivity index (χ1n) is 17.6. The fourth-order valence-electron chi connectivity index (χ4n) is 6.39. The van der Waals surface area contributed by atoms with E-state index < -0.39 is 34.8 Å². The number of rotatable bonds is 8. The highest BCUT2D eigenvalue weighted by molar-refractivity contribution is 6.13. The van der Waals surface area contributed by atoms with Crippen molar-refractivity contribution in [1.29, 1.82) is 0 Å². The molecule has 0 saturated carbocycles. The fraction of sp³-hybridized carbons (Fsp3) is 0.227. The highest BCUT2D eigenvalue weighted by Gasteiger charge is 2.24. The van der Waals surface area contributed by atoms with Crippen molar-refractivity contribution in [2.24, 2.45) is 0 Å². The van der Waals surface area contributed by atoms with E-state index in [9.17, 15) is 40.2 Å². The van der Waals surface area contributed by atoms with Crippen molar-refractivity contribution >= 4 is 33.4 Å². The van der Waals surface area contributed by atoms with Gasteiger partial charge in [-0.1, -0.05) is 74.5 Å². The molecule has 0 aliphatic carbocycles. The van der Waals surface area contributed by atoms with Crippen LogP contribution in [-0.2, 0) is 0 Å². The smallest absolute Gasteiger partial charge is 0.255 e. The zero-order valence-electron chi connectivity index (χ0n) is 31.2. The summed E-state index contributed by atoms with van der Waals surface area (Å²) in [5.74, 6) is -2.72. The SMILES string of the molecule is Cc1cc2c(C(=O)NC[C@@H](C)c3ccccc3)c(O)c(O)cc2c(O)c1C.Cc1cc2c(C(=O)NC[C@H](C)c3ccccc3)c(O)c(O)cc2c(O)c1C. The number of hydrogen-bond donors (Lipinski definition) is 8. The topological polar surface area (TPSA) is 180 Å². The Hall–Kier alpha value is -6.42. The largest absolute Gasteiger partial charge is 0.507 e. The number of amides is 2. The van der Waals surface area contributed by atoms with Gasteiger partial charge in [-0.3, -0.25) is 9.59 Å². The van der Waals surface area contributed by atoms with E-state index in [-0.39, 0.29) is 34.5 Å². The molecule has 0 aliphatic heterocycles. The molecule has 2 amide bonds. The van der Waals surface area contributed by atoms with Crippen LogP contribution >= 0.6 is 0 Å². The van der Waals surface area contributed by atoms with Crippen LogP contribution in [-0.4, -0.2) is 55.5 Å². The van der Waals surface area contributed by atoms with Gasteiger partial charge in [-0.25, -0.2) is 0 Å². The monoisotopic (exact) mass is 730 g/mol. The predicted octanol–water partition coefficient (Wildman–Crippen LogP) is 8.21. The Balaban J connectivity index is 0.000000208. The van der Waals surface area contributed by atoms with E-state index in [1.54, 1.807) is 26.0 Å². The Bertz CT molecular complexity index is 2190. The third-order valence-corrected chi connectivity index (χ3v) is 10.1. The predicted molar refractivity (Wildman–Crippen MR) is 211 cm³/mol. The molecule has 0 saturated heterocycles. The first-order chi connectivity index (χ1) is 25.6. The second-order valence-electron chi connectivity index (χ2n) is 13.8. The molecule has 0 aliphatic rings. The number of phenols is 6. The number of fused-ring (bicyclic) bond motifs is 2. The van der Waals surface area contributed by atoms with Crippen molar-refractivity contribution in [1.82, 2.24) is 10.6 Å². The third kappa shape index (κ3) is 7.83. The molecule has 280 valence electrons. The highest BCUT2D eigenvalue weighted by Crippen LogP contribution is 2.43. The molecule has 0 bridgehead atoms. The van der Waals surface area contributed by atoms with Crippen molar-refractivity contribution < 1.29 is 40.2 Å². The normalized spacial score (nSPS) is 12.1. The van der Waals surface area contributed by atoms with E-state index in [1.165, 1.54) is 12.1 Å². The number of benzene rings is 6. The minimum atomic E-state index is -0.501. The van der Waals surface area contributed by atoms with Gasteiger partial charge in [-0.05, 0) is 97.2 Å². The maximum Gasteiger partial charge on any atom is 0.255 e. The van der Waals surface area contributed by atoms with Gasteiger partial charge in [0.25, 0.3) is 11.8 Å². The zero-order valence-corrected chi connectivity index (χ0v) is 31.2. The molecule has 0 radical (unpaired) electrons. The lowest BCUT2D eigenvalue weighted by molar-refractivity contribution is 0.0941. The molecule has 0 heterocycles. The van der Waals surface area contributed by atoms with Gasteiger partial charge in [-0.15, -0.1) is 0 Å². The lowest BCUT2D eigenvalue weighted by Crippen LogP contribution is -2.27. The van der Waals surface area contributed by atoms with Crippen molar-refractivity contribution in [3.8, 4) is 34.5 Å². The maximum absolute atomic E-state index is 12.8. The number of aryl methyl sites for hydroxylation is 2. The molecular weight excluding hydrogens is 684 g/mol. The van der Waals surface area contributed by atoms with Crippen molar-refractivity contribution in [3.63, 3.8) is 0 Å². The second kappa shape index (κ2) is 16.1. The van der Waals surface area contributed by atoms with Crippen molar-refractivity contribution in [3.05, 3.63) is 129 Å². The molecule has 0 fully saturated rings. The molecule has 0 aromatic heterocycles. The average Bonchev–Trinajstić information content (AvgIpc) is 3.17. The molecule has 0 unspecified atom stereocenters. The van der Waals surface area contributed by atoms with E-state index in [0.29, 0.717) is 45.8 Å². The summed E-state index contributed by atoms with van der Waals surface area (Å²) in [6.07, 6.45) is 0. The zero-order chi connectivity index (χ0) is 39.4. The van der Waals surface area contributed by atoms with E-state index in [4.69, 9.17) is 0 Å². The van der Waals surface area contributed by atoms with Crippen LogP contribution in [0.4, 0.5) is 0 Å². The van der Waals surface area contributed by atoms with Crippen molar-refractivity contribution in [2.75, 3.05) is 13.1 Å². The number of nitrogens with one attached hydrogen (secondary N) is 2. The molecular formula is C44H46N2O8. The molecule has 10 nitrogen and oxygen atoms in total. The summed E-state index contributed by atoms with van der Waals surface area (Å²) in [6.45, 7) is 11.9. The van der Waals surface area contributed by atoms with Gasteiger partial charge < -0.3 is 41.3 Å². The fourth-order valence-corrected chi connectivity index (χ4v) is 6.39. The lowest BCUT2D eigenvalue weighted by atomic mass is 9.95. The molecule has 0 spiro atoms. The third-order valence-electron chi connectivity index (χ3n) is 10.1. The minimum absolute atomic E-state index is 0.00740. The first-order valence-corrected chi connectivity index (χ1v) is 17.6. The van der Waals surface area contributed by atoms with Crippen LogP contribution < -0.4 is 10.6 Å². The quantitative estimate of drug-likeness (QED) is 0.0722. The van der Waals surface area contributed by atoms with E-state index >= 15 is 0 Å². The standard InChI is InChI=1S/2C22H23NO4/c2*1-12-9-16-17(20(25)14(12)3)10-18(24)21(26)19(16)22(27)23-11-13(2)15-7-5-4-6-8-15/h2*4-10,13,24-26H,11H2,1-3H3,(H,23,27)/t2*13-/m10/s1. The Labute approximate surface area is 314 Å². The summed E-state index contributed by atoms with van der Waals surface area (Å²) in [4.78, 5) is 25.6. The number of carbonyl (C=O) groups excluding carboxylic acids is 2. The van der Waals surface area contributed by atoms with E-state index in [0.717, 1.165) is 22.3 Å². The van der Waals surface area contributed by atoms with Gasteiger partial charge in [-0.2, -0.15) is 0 Å². The number of phenolic OH excluding ortho intramolecular Hbond substituents is 6. The van der Waals surface area contributed by atoms with Gasteiger partial charge in [0.2, 0.25) is 0 Å². The molecule has 2 atom stereocenters. The van der Waals surface area contributed by atoms with Gasteiger partial charge in [0.15, 0.2) is 23.0 Å².